The molecule has 1 aliphatic heterocycles. The molecule has 1 aromatic rings. The largest absolute Gasteiger partial charge is 0.315 e. The zero-order chi connectivity index (χ0) is 13.8. The zero-order valence-corrected chi connectivity index (χ0v) is 12.8. The highest BCUT2D eigenvalue weighted by Crippen LogP contribution is 2.27. The van der Waals surface area contributed by atoms with Gasteiger partial charge >= 0.3 is 0 Å². The van der Waals surface area contributed by atoms with Crippen LogP contribution in [-0.4, -0.2) is 31.1 Å². The summed E-state index contributed by atoms with van der Waals surface area (Å²) in [6.45, 7) is 3.58. The van der Waals surface area contributed by atoms with E-state index in [0.29, 0.717) is 6.04 Å². The van der Waals surface area contributed by atoms with Crippen molar-refractivity contribution in [3.8, 4) is 0 Å². The molecule has 1 aliphatic carbocycles. The van der Waals surface area contributed by atoms with Crippen molar-refractivity contribution in [1.82, 2.24) is 10.2 Å². The van der Waals surface area contributed by atoms with Gasteiger partial charge in [-0.3, -0.25) is 4.90 Å². The molecule has 1 atom stereocenters. The first-order chi connectivity index (χ1) is 9.86. The fraction of sp³-hybridized carbons (Fsp3) is 0.667. The van der Waals surface area contributed by atoms with Gasteiger partial charge in [0.1, 0.15) is 0 Å². The topological polar surface area (TPSA) is 15.3 Å². The van der Waals surface area contributed by atoms with Crippen LogP contribution in [0, 0.1) is 5.92 Å². The number of rotatable bonds is 4. The monoisotopic (exact) mass is 272 g/mol. The van der Waals surface area contributed by atoms with Gasteiger partial charge in [-0.1, -0.05) is 43.5 Å². The first-order valence-corrected chi connectivity index (χ1v) is 8.33. The minimum absolute atomic E-state index is 0.681. The van der Waals surface area contributed by atoms with Gasteiger partial charge in [0.15, 0.2) is 0 Å². The highest BCUT2D eigenvalue weighted by Gasteiger charge is 2.25. The molecule has 20 heavy (non-hydrogen) atoms. The van der Waals surface area contributed by atoms with Crippen LogP contribution in [0.1, 0.15) is 43.2 Å². The maximum absolute atomic E-state index is 3.60. The Morgan fingerprint density at radius 2 is 1.90 bits per heavy atom. The van der Waals surface area contributed by atoms with E-state index in [2.05, 4.69) is 41.5 Å². The molecule has 0 amide bonds. The zero-order valence-electron chi connectivity index (χ0n) is 12.8. The fourth-order valence-corrected chi connectivity index (χ4v) is 4.00. The first kappa shape index (κ1) is 14.1. The molecule has 0 aromatic heterocycles. The second kappa shape index (κ2) is 6.73. The molecular formula is C18H28N2. The van der Waals surface area contributed by atoms with Crippen LogP contribution in [-0.2, 0) is 13.0 Å². The van der Waals surface area contributed by atoms with Gasteiger partial charge in [-0.25, -0.2) is 0 Å². The Bertz CT molecular complexity index is 423. The fourth-order valence-electron chi connectivity index (χ4n) is 4.00. The number of hydrogen-bond acceptors (Lipinski definition) is 2. The second-order valence-electron chi connectivity index (χ2n) is 6.55. The summed E-state index contributed by atoms with van der Waals surface area (Å²) in [4.78, 5) is 2.65. The van der Waals surface area contributed by atoms with Gasteiger partial charge in [0.25, 0.3) is 0 Å². The van der Waals surface area contributed by atoms with Gasteiger partial charge in [-0.2, -0.15) is 0 Å². The maximum Gasteiger partial charge on any atom is 0.0237 e. The van der Waals surface area contributed by atoms with Crippen LogP contribution < -0.4 is 5.32 Å². The lowest BCUT2D eigenvalue weighted by molar-refractivity contribution is 0.178. The third-order valence-corrected chi connectivity index (χ3v) is 5.25. The van der Waals surface area contributed by atoms with E-state index in [1.807, 2.05) is 0 Å². The molecule has 1 saturated carbocycles. The van der Waals surface area contributed by atoms with Crippen LogP contribution >= 0.6 is 0 Å². The quantitative estimate of drug-likeness (QED) is 0.905. The number of fused-ring (bicyclic) bond motifs is 1. The lowest BCUT2D eigenvalue weighted by atomic mass is 9.83. The smallest absolute Gasteiger partial charge is 0.0237 e. The van der Waals surface area contributed by atoms with Crippen LogP contribution in [0.25, 0.3) is 0 Å². The first-order valence-electron chi connectivity index (χ1n) is 8.33. The molecule has 2 nitrogen and oxygen atoms in total. The minimum atomic E-state index is 0.681. The molecule has 1 heterocycles. The summed E-state index contributed by atoms with van der Waals surface area (Å²) in [5.74, 6) is 0.894. The Morgan fingerprint density at radius 3 is 2.65 bits per heavy atom. The lowest BCUT2D eigenvalue weighted by Gasteiger charge is -2.36. The summed E-state index contributed by atoms with van der Waals surface area (Å²) >= 11 is 0. The average Bonchev–Trinajstić information content (AvgIpc) is 2.53. The van der Waals surface area contributed by atoms with Crippen LogP contribution in [0.15, 0.2) is 24.3 Å². The highest BCUT2D eigenvalue weighted by molar-refractivity contribution is 5.29. The maximum atomic E-state index is 3.60. The number of nitrogens with zero attached hydrogens (tertiary/aromatic N) is 1. The van der Waals surface area contributed by atoms with Crippen molar-refractivity contribution in [2.45, 2.75) is 51.1 Å². The van der Waals surface area contributed by atoms with Gasteiger partial charge < -0.3 is 5.32 Å². The summed E-state index contributed by atoms with van der Waals surface area (Å²) in [5.41, 5.74) is 3.10. The third-order valence-electron chi connectivity index (χ3n) is 5.25. The van der Waals surface area contributed by atoms with Crippen LogP contribution in [0.5, 0.6) is 0 Å². The van der Waals surface area contributed by atoms with Crippen molar-refractivity contribution in [3.63, 3.8) is 0 Å². The molecule has 0 saturated heterocycles. The SMILES string of the molecule is CNC(CN1CCc2ccccc2C1)C1CCCCC1. The summed E-state index contributed by atoms with van der Waals surface area (Å²) in [6, 6.07) is 9.63. The highest BCUT2D eigenvalue weighted by atomic mass is 15.2. The van der Waals surface area contributed by atoms with Gasteiger partial charge in [0, 0.05) is 25.7 Å². The van der Waals surface area contributed by atoms with Crippen LogP contribution in [0.2, 0.25) is 0 Å². The molecule has 0 bridgehead atoms. The van der Waals surface area contributed by atoms with Crippen molar-refractivity contribution in [1.29, 1.82) is 0 Å². The molecule has 1 fully saturated rings. The molecule has 0 radical (unpaired) electrons. The molecular weight excluding hydrogens is 244 g/mol. The van der Waals surface area contributed by atoms with E-state index >= 15 is 0 Å². The van der Waals surface area contributed by atoms with E-state index in [0.717, 1.165) is 12.5 Å². The van der Waals surface area contributed by atoms with Gasteiger partial charge in [0.2, 0.25) is 0 Å². The third kappa shape index (κ3) is 3.24. The Labute approximate surface area is 123 Å². The average molecular weight is 272 g/mol. The molecule has 1 aromatic carbocycles. The molecule has 3 rings (SSSR count). The molecule has 1 unspecified atom stereocenters. The number of nitrogens with one attached hydrogen (secondary N) is 1. The van der Waals surface area contributed by atoms with Crippen molar-refractivity contribution < 1.29 is 0 Å². The predicted octanol–water partition coefficient (Wildman–Crippen LogP) is 3.21. The Morgan fingerprint density at radius 1 is 1.15 bits per heavy atom. The predicted molar refractivity (Wildman–Crippen MR) is 84.8 cm³/mol. The molecule has 2 heteroatoms. The van der Waals surface area contributed by atoms with E-state index in [4.69, 9.17) is 0 Å². The second-order valence-corrected chi connectivity index (χ2v) is 6.55. The van der Waals surface area contributed by atoms with Gasteiger partial charge in [-0.15, -0.1) is 0 Å². The van der Waals surface area contributed by atoms with Gasteiger partial charge in [-0.05, 0) is 43.4 Å². The summed E-state index contributed by atoms with van der Waals surface area (Å²) in [5, 5.41) is 3.60. The Kier molecular flexibility index (Phi) is 4.74. The van der Waals surface area contributed by atoms with Gasteiger partial charge in [0.05, 0.1) is 0 Å². The number of likely N-dealkylation sites (N-methyl/N-ethyl adjacent to an activating group) is 1. The molecule has 110 valence electrons. The van der Waals surface area contributed by atoms with E-state index < -0.39 is 0 Å². The summed E-state index contributed by atoms with van der Waals surface area (Å²) in [6.07, 6.45) is 8.39. The van der Waals surface area contributed by atoms with Crippen molar-refractivity contribution in [2.24, 2.45) is 5.92 Å². The summed E-state index contributed by atoms with van der Waals surface area (Å²) < 4.78 is 0. The minimum Gasteiger partial charge on any atom is -0.315 e. The molecule has 0 spiro atoms. The molecule has 1 N–H and O–H groups in total. The van der Waals surface area contributed by atoms with Crippen LogP contribution in [0.3, 0.4) is 0 Å². The molecule has 2 aliphatic rings. The van der Waals surface area contributed by atoms with Crippen molar-refractivity contribution in [2.75, 3.05) is 20.1 Å². The van der Waals surface area contributed by atoms with E-state index in [1.165, 1.54) is 57.2 Å². The van der Waals surface area contributed by atoms with E-state index in [-0.39, 0.29) is 0 Å². The van der Waals surface area contributed by atoms with Crippen LogP contribution in [0.4, 0.5) is 0 Å². The standard InChI is InChI=1S/C18H28N2/c1-19-18(16-8-3-2-4-9-16)14-20-12-11-15-7-5-6-10-17(15)13-20/h5-7,10,16,18-19H,2-4,8-9,11-14H2,1H3. The Hall–Kier alpha value is -0.860. The van der Waals surface area contributed by atoms with Crippen molar-refractivity contribution in [3.05, 3.63) is 35.4 Å². The Balaban J connectivity index is 1.60. The van der Waals surface area contributed by atoms with Crippen molar-refractivity contribution >= 4 is 0 Å². The van der Waals surface area contributed by atoms with E-state index in [9.17, 15) is 0 Å². The summed E-state index contributed by atoms with van der Waals surface area (Å²) in [7, 11) is 2.15. The number of benzene rings is 1. The normalized spacial score (nSPS) is 22.4. The lowest BCUT2D eigenvalue weighted by Crippen LogP contribution is -2.46. The number of hydrogen-bond donors (Lipinski definition) is 1. The van der Waals surface area contributed by atoms with E-state index in [1.54, 1.807) is 5.56 Å².